The number of nitrogen functional groups attached to an aromatic ring is 1. The van der Waals surface area contributed by atoms with Gasteiger partial charge >= 0.3 is 5.97 Å². The van der Waals surface area contributed by atoms with E-state index < -0.39 is 51.9 Å². The average Bonchev–Trinajstić information content (AvgIpc) is 3.66. The zero-order chi connectivity index (χ0) is 22.9. The number of aromatic carboxylic acids is 1. The third-order valence-electron chi connectivity index (χ3n) is 6.95. The zero-order valence-electron chi connectivity index (χ0n) is 17.7. The molecular formula is C22H25F3N4O3. The van der Waals surface area contributed by atoms with E-state index in [1.54, 1.807) is 4.90 Å². The van der Waals surface area contributed by atoms with Crippen LogP contribution in [-0.2, 0) is 0 Å². The molecule has 3 aliphatic rings. The number of carboxylic acid groups (broad SMARTS) is 1. The molecule has 2 aromatic rings. The lowest BCUT2D eigenvalue weighted by Gasteiger charge is -2.25. The molecule has 7 nitrogen and oxygen atoms in total. The van der Waals surface area contributed by atoms with Gasteiger partial charge in [0.2, 0.25) is 5.43 Å². The van der Waals surface area contributed by atoms with Crippen molar-refractivity contribution in [1.82, 2.24) is 9.47 Å². The predicted molar refractivity (Wildman–Crippen MR) is 114 cm³/mol. The van der Waals surface area contributed by atoms with Gasteiger partial charge in [0.25, 0.3) is 0 Å². The molecule has 1 saturated heterocycles. The second-order valence-corrected chi connectivity index (χ2v) is 9.29. The minimum Gasteiger partial charge on any atom is -0.477 e. The van der Waals surface area contributed by atoms with Crippen LogP contribution in [0.5, 0.6) is 0 Å². The van der Waals surface area contributed by atoms with Gasteiger partial charge in [-0.2, -0.15) is 0 Å². The summed E-state index contributed by atoms with van der Waals surface area (Å²) in [6, 6.07) is -0.235. The Bertz CT molecular complexity index is 1180. The van der Waals surface area contributed by atoms with Crippen LogP contribution < -0.4 is 16.1 Å². The topological polar surface area (TPSA) is 91.8 Å². The highest BCUT2D eigenvalue weighted by Gasteiger charge is 2.42. The maximum Gasteiger partial charge on any atom is 0.341 e. The summed E-state index contributed by atoms with van der Waals surface area (Å²) in [5.74, 6) is -3.42. The molecule has 10 heteroatoms. The van der Waals surface area contributed by atoms with Crippen molar-refractivity contribution in [2.45, 2.75) is 43.9 Å². The van der Waals surface area contributed by atoms with Crippen LogP contribution >= 0.6 is 0 Å². The van der Waals surface area contributed by atoms with Crippen LogP contribution in [0.4, 0.5) is 24.5 Å². The van der Waals surface area contributed by atoms with Gasteiger partial charge in [0.15, 0.2) is 11.6 Å². The molecule has 32 heavy (non-hydrogen) atoms. The van der Waals surface area contributed by atoms with Gasteiger partial charge in [-0.15, -0.1) is 0 Å². The number of nitrogens with two attached hydrogens (primary N) is 1. The Morgan fingerprint density at radius 2 is 1.97 bits per heavy atom. The van der Waals surface area contributed by atoms with Crippen molar-refractivity contribution < 1.29 is 23.1 Å². The van der Waals surface area contributed by atoms with E-state index in [1.165, 1.54) is 12.8 Å². The van der Waals surface area contributed by atoms with Crippen LogP contribution in [0.2, 0.25) is 0 Å². The Balaban J connectivity index is 1.61. The molecule has 2 heterocycles. The van der Waals surface area contributed by atoms with Gasteiger partial charge in [-0.3, -0.25) is 4.79 Å². The number of benzene rings is 1. The lowest BCUT2D eigenvalue weighted by atomic mass is 10.1. The first-order chi connectivity index (χ1) is 15.2. The van der Waals surface area contributed by atoms with E-state index in [-0.39, 0.29) is 23.5 Å². The fourth-order valence-electron chi connectivity index (χ4n) is 4.94. The van der Waals surface area contributed by atoms with Crippen molar-refractivity contribution in [3.63, 3.8) is 0 Å². The fraction of sp³-hybridized carbons (Fsp3) is 0.545. The summed E-state index contributed by atoms with van der Waals surface area (Å²) in [7, 11) is 2.05. The van der Waals surface area contributed by atoms with E-state index in [0.29, 0.717) is 19.1 Å². The van der Waals surface area contributed by atoms with E-state index in [9.17, 15) is 19.1 Å². The van der Waals surface area contributed by atoms with Crippen molar-refractivity contribution in [2.24, 2.45) is 5.92 Å². The van der Waals surface area contributed by atoms with E-state index in [2.05, 4.69) is 11.9 Å². The summed E-state index contributed by atoms with van der Waals surface area (Å²) in [5, 5.41) is 8.82. The van der Waals surface area contributed by atoms with Crippen LogP contribution in [0, 0.1) is 17.6 Å². The van der Waals surface area contributed by atoms with E-state index in [4.69, 9.17) is 5.73 Å². The molecule has 1 aromatic heterocycles. The Labute approximate surface area is 182 Å². The Morgan fingerprint density at radius 1 is 1.28 bits per heavy atom. The van der Waals surface area contributed by atoms with Crippen LogP contribution in [-0.4, -0.2) is 59.4 Å². The van der Waals surface area contributed by atoms with Gasteiger partial charge in [-0.1, -0.05) is 0 Å². The quantitative estimate of drug-likeness (QED) is 0.658. The number of alkyl halides is 1. The third-order valence-corrected chi connectivity index (χ3v) is 6.95. The number of aromatic nitrogens is 1. The normalized spacial score (nSPS) is 25.2. The summed E-state index contributed by atoms with van der Waals surface area (Å²) in [4.78, 5) is 28.1. The molecule has 2 aliphatic carbocycles. The molecule has 0 amide bonds. The molecule has 1 aliphatic heterocycles. The highest BCUT2D eigenvalue weighted by Crippen LogP contribution is 2.44. The maximum absolute atomic E-state index is 15.8. The van der Waals surface area contributed by atoms with Crippen molar-refractivity contribution >= 4 is 28.2 Å². The molecule has 172 valence electrons. The first-order valence-corrected chi connectivity index (χ1v) is 10.9. The van der Waals surface area contributed by atoms with Gasteiger partial charge in [0, 0.05) is 38.3 Å². The minimum absolute atomic E-state index is 0.0579. The second-order valence-electron chi connectivity index (χ2n) is 9.29. The number of fused-ring (bicyclic) bond motifs is 1. The number of rotatable bonds is 6. The maximum atomic E-state index is 15.8. The zero-order valence-corrected chi connectivity index (χ0v) is 17.7. The van der Waals surface area contributed by atoms with Gasteiger partial charge < -0.3 is 25.2 Å². The Hall–Kier alpha value is -2.75. The molecule has 3 atom stereocenters. The third kappa shape index (κ3) is 3.32. The number of carbonyl (C=O) groups is 1. The number of hydrogen-bond donors (Lipinski definition) is 2. The largest absolute Gasteiger partial charge is 0.477 e. The van der Waals surface area contributed by atoms with Gasteiger partial charge in [0.1, 0.15) is 17.4 Å². The Morgan fingerprint density at radius 3 is 2.56 bits per heavy atom. The summed E-state index contributed by atoms with van der Waals surface area (Å²) < 4.78 is 46.1. The molecule has 0 spiro atoms. The highest BCUT2D eigenvalue weighted by atomic mass is 19.1. The summed E-state index contributed by atoms with van der Waals surface area (Å²) in [6.07, 6.45) is 2.80. The summed E-state index contributed by atoms with van der Waals surface area (Å²) >= 11 is 0. The number of nitrogens with zero attached hydrogens (tertiary/aromatic N) is 3. The average molecular weight is 450 g/mol. The SMILES string of the molecule is CN(CC1CCN(c2c(F)c(N)c3c(=O)c(C(=O)O)cn(C4CC4F)c3c2F)C1)C1CC1. The van der Waals surface area contributed by atoms with E-state index in [0.717, 1.165) is 23.7 Å². The molecule has 1 aromatic carbocycles. The van der Waals surface area contributed by atoms with E-state index >= 15 is 8.78 Å². The first-order valence-electron chi connectivity index (χ1n) is 10.9. The van der Waals surface area contributed by atoms with Gasteiger partial charge in [-0.25, -0.2) is 18.0 Å². The number of carboxylic acids is 1. The summed E-state index contributed by atoms with van der Waals surface area (Å²) in [6.45, 7) is 1.68. The molecule has 3 N–H and O–H groups in total. The second kappa shape index (κ2) is 7.40. The lowest BCUT2D eigenvalue weighted by Crippen LogP contribution is -2.30. The van der Waals surface area contributed by atoms with Crippen LogP contribution in [0.15, 0.2) is 11.0 Å². The molecule has 0 radical (unpaired) electrons. The first kappa shape index (κ1) is 21.1. The molecule has 5 rings (SSSR count). The van der Waals surface area contributed by atoms with Crippen LogP contribution in [0.25, 0.3) is 10.9 Å². The minimum atomic E-state index is -1.56. The molecule has 2 saturated carbocycles. The summed E-state index contributed by atoms with van der Waals surface area (Å²) in [5.41, 5.74) is 2.89. The van der Waals surface area contributed by atoms with Gasteiger partial charge in [-0.05, 0) is 32.2 Å². The van der Waals surface area contributed by atoms with Crippen molar-refractivity contribution in [3.8, 4) is 0 Å². The number of hydrogen-bond acceptors (Lipinski definition) is 5. The standard InChI is InChI=1S/C22H25F3N4O3/c1-27(11-2-3-11)7-10-4-5-28(8-10)20-16(24)18(26)15-19(17(20)25)29(14-6-13(14)23)9-12(21(15)30)22(31)32/h9-11,13-14H,2-8,26H2,1H3,(H,31,32). The van der Waals surface area contributed by atoms with Crippen molar-refractivity contribution in [2.75, 3.05) is 37.3 Å². The van der Waals surface area contributed by atoms with Crippen LogP contribution in [0.3, 0.4) is 0 Å². The smallest absolute Gasteiger partial charge is 0.341 e. The van der Waals surface area contributed by atoms with Gasteiger partial charge in [0.05, 0.1) is 22.6 Å². The lowest BCUT2D eigenvalue weighted by molar-refractivity contribution is 0.0694. The molecule has 3 fully saturated rings. The van der Waals surface area contributed by atoms with Crippen LogP contribution in [0.1, 0.15) is 42.1 Å². The Kier molecular flexibility index (Phi) is 4.88. The van der Waals surface area contributed by atoms with Crippen molar-refractivity contribution in [1.29, 1.82) is 0 Å². The molecule has 3 unspecified atom stereocenters. The number of halogens is 3. The molecular weight excluding hydrogens is 425 g/mol. The van der Waals surface area contributed by atoms with Crippen molar-refractivity contribution in [3.05, 3.63) is 33.6 Å². The monoisotopic (exact) mass is 450 g/mol. The fourth-order valence-corrected chi connectivity index (χ4v) is 4.94. The predicted octanol–water partition coefficient (Wildman–Crippen LogP) is 2.76. The van der Waals surface area contributed by atoms with E-state index in [1.807, 2.05) is 0 Å². The number of pyridine rings is 1. The molecule has 0 bridgehead atoms. The highest BCUT2D eigenvalue weighted by molar-refractivity contribution is 5.99. The number of anilines is 2.